The van der Waals surface area contributed by atoms with E-state index in [0.29, 0.717) is 6.42 Å². The van der Waals surface area contributed by atoms with Gasteiger partial charge in [0.05, 0.1) is 5.69 Å². The lowest BCUT2D eigenvalue weighted by Crippen LogP contribution is -2.64. The van der Waals surface area contributed by atoms with Crippen LogP contribution >= 0.6 is 0 Å². The number of carbonyl (C=O) groups is 2. The minimum Gasteiger partial charge on any atom is -0.287 e. The third-order valence-electron chi connectivity index (χ3n) is 5.56. The van der Waals surface area contributed by atoms with Crippen LogP contribution in [0.15, 0.2) is 91.0 Å². The Morgan fingerprint density at radius 2 is 1.31 bits per heavy atom. The maximum absolute atomic E-state index is 13.6. The largest absolute Gasteiger partial charge is 0.287 e. The molecule has 0 aromatic heterocycles. The number of nitrogens with zero attached hydrogens (tertiary/aromatic N) is 2. The Morgan fingerprint density at radius 3 is 2.07 bits per heavy atom. The molecule has 5 rings (SSSR count). The van der Waals surface area contributed by atoms with Crippen molar-refractivity contribution in [2.45, 2.75) is 12.6 Å². The molecule has 142 valence electrons. The second kappa shape index (κ2) is 7.06. The van der Waals surface area contributed by atoms with Gasteiger partial charge in [-0.15, -0.1) is 0 Å². The van der Waals surface area contributed by atoms with E-state index in [2.05, 4.69) is 0 Å². The molecule has 2 atom stereocenters. The lowest BCUT2D eigenvalue weighted by Gasteiger charge is -2.46. The second-order valence-corrected chi connectivity index (χ2v) is 7.33. The van der Waals surface area contributed by atoms with Crippen molar-refractivity contribution in [2.24, 2.45) is 5.92 Å². The van der Waals surface area contributed by atoms with E-state index in [-0.39, 0.29) is 11.8 Å². The Morgan fingerprint density at radius 1 is 0.690 bits per heavy atom. The molecule has 0 spiro atoms. The van der Waals surface area contributed by atoms with Crippen LogP contribution in [0.1, 0.15) is 11.1 Å². The highest BCUT2D eigenvalue weighted by Gasteiger charge is 2.47. The van der Waals surface area contributed by atoms with Gasteiger partial charge in [0.25, 0.3) is 0 Å². The van der Waals surface area contributed by atoms with Crippen LogP contribution in [0.25, 0.3) is 6.08 Å². The summed E-state index contributed by atoms with van der Waals surface area (Å²) in [5.74, 6) is -1.06. The molecule has 0 unspecified atom stereocenters. The monoisotopic (exact) mass is 380 g/mol. The third-order valence-corrected chi connectivity index (χ3v) is 5.56. The molecule has 0 N–H and O–H groups in total. The van der Waals surface area contributed by atoms with Crippen molar-refractivity contribution in [2.75, 3.05) is 9.80 Å². The predicted molar refractivity (Wildman–Crippen MR) is 114 cm³/mol. The van der Waals surface area contributed by atoms with Crippen LogP contribution in [0.5, 0.6) is 0 Å². The molecule has 2 heterocycles. The molecule has 3 aromatic carbocycles. The van der Waals surface area contributed by atoms with E-state index >= 15 is 0 Å². The van der Waals surface area contributed by atoms with Crippen LogP contribution in [0, 0.1) is 5.92 Å². The fourth-order valence-electron chi connectivity index (χ4n) is 4.18. The van der Waals surface area contributed by atoms with Crippen molar-refractivity contribution in [3.05, 3.63) is 102 Å². The van der Waals surface area contributed by atoms with Crippen molar-refractivity contribution in [3.8, 4) is 0 Å². The number of carbonyl (C=O) groups excluding carboxylic acids is 2. The zero-order chi connectivity index (χ0) is 19.8. The van der Waals surface area contributed by atoms with Gasteiger partial charge in [-0.05, 0) is 41.8 Å². The van der Waals surface area contributed by atoms with Crippen LogP contribution in [-0.2, 0) is 16.0 Å². The highest BCUT2D eigenvalue weighted by Crippen LogP contribution is 2.38. The number of rotatable bonds is 3. The van der Waals surface area contributed by atoms with Crippen LogP contribution < -0.4 is 9.80 Å². The predicted octanol–water partition coefficient (Wildman–Crippen LogP) is 4.28. The minimum absolute atomic E-state index is 0.146. The summed E-state index contributed by atoms with van der Waals surface area (Å²) < 4.78 is 0. The number of hydrogen-bond donors (Lipinski definition) is 0. The van der Waals surface area contributed by atoms with E-state index in [0.717, 1.165) is 22.5 Å². The molecule has 0 saturated carbocycles. The topological polar surface area (TPSA) is 40.6 Å². The average molecular weight is 380 g/mol. The highest BCUT2D eigenvalue weighted by atomic mass is 16.2. The minimum atomic E-state index is -0.756. The van der Waals surface area contributed by atoms with Gasteiger partial charge in [-0.2, -0.15) is 0 Å². The van der Waals surface area contributed by atoms with Gasteiger partial charge in [0.2, 0.25) is 11.8 Å². The van der Waals surface area contributed by atoms with Crippen molar-refractivity contribution in [1.29, 1.82) is 0 Å². The summed E-state index contributed by atoms with van der Waals surface area (Å²) in [4.78, 5) is 30.6. The van der Waals surface area contributed by atoms with Crippen LogP contribution in [-0.4, -0.2) is 18.0 Å². The summed E-state index contributed by atoms with van der Waals surface area (Å²) in [6, 6.07) is 27.1. The van der Waals surface area contributed by atoms with Gasteiger partial charge in [-0.3, -0.25) is 19.4 Å². The molecule has 29 heavy (non-hydrogen) atoms. The molecule has 0 aliphatic carbocycles. The summed E-state index contributed by atoms with van der Waals surface area (Å²) in [6.07, 6.45) is 3.85. The normalized spacial score (nSPS) is 20.4. The Kier molecular flexibility index (Phi) is 4.24. The molecule has 0 radical (unpaired) electrons. The second-order valence-electron chi connectivity index (χ2n) is 7.33. The molecule has 4 heteroatoms. The van der Waals surface area contributed by atoms with Gasteiger partial charge in [-0.25, -0.2) is 0 Å². The van der Waals surface area contributed by atoms with Gasteiger partial charge < -0.3 is 0 Å². The molecule has 4 nitrogen and oxygen atoms in total. The molecular weight excluding hydrogens is 360 g/mol. The molecule has 2 aliphatic rings. The summed E-state index contributed by atoms with van der Waals surface area (Å²) in [6.45, 7) is 0. The zero-order valence-corrected chi connectivity index (χ0v) is 15.8. The molecule has 1 saturated heterocycles. The number of benzene rings is 3. The lowest BCUT2D eigenvalue weighted by atomic mass is 9.91. The molecule has 0 bridgehead atoms. The average Bonchev–Trinajstić information content (AvgIpc) is 2.78. The Labute approximate surface area is 169 Å². The first-order valence-electron chi connectivity index (χ1n) is 9.76. The Balaban J connectivity index is 1.62. The maximum atomic E-state index is 13.6. The Hall–Kier alpha value is -3.66. The first-order valence-corrected chi connectivity index (χ1v) is 9.76. The van der Waals surface area contributed by atoms with Gasteiger partial charge in [-0.1, -0.05) is 72.8 Å². The van der Waals surface area contributed by atoms with Crippen molar-refractivity contribution in [3.63, 3.8) is 0 Å². The van der Waals surface area contributed by atoms with Crippen LogP contribution in [0.3, 0.4) is 0 Å². The van der Waals surface area contributed by atoms with Crippen molar-refractivity contribution in [1.82, 2.24) is 0 Å². The van der Waals surface area contributed by atoms with Crippen molar-refractivity contribution < 1.29 is 9.59 Å². The molecular formula is C25H20N2O2. The smallest absolute Gasteiger partial charge is 0.241 e. The third kappa shape index (κ3) is 2.93. The van der Waals surface area contributed by atoms with E-state index in [9.17, 15) is 9.59 Å². The standard InChI is InChI=1S/C25H20N2O2/c28-24-21(17-18-9-3-1-4-10-18)25(29)27-22-14-8-7-11-19(22)15-16-23(27)26(24)20-12-5-2-6-13-20/h1-16,21,23H,17H2/t21-,23+/m0/s1. The Bertz CT molecular complexity index is 1090. The molecule has 2 amide bonds. The number of hydrogen-bond acceptors (Lipinski definition) is 2. The zero-order valence-electron chi connectivity index (χ0n) is 15.8. The van der Waals surface area contributed by atoms with E-state index in [1.165, 1.54) is 0 Å². The highest BCUT2D eigenvalue weighted by molar-refractivity contribution is 6.18. The summed E-state index contributed by atoms with van der Waals surface area (Å²) >= 11 is 0. The van der Waals surface area contributed by atoms with E-state index in [1.54, 1.807) is 9.80 Å². The van der Waals surface area contributed by atoms with Crippen molar-refractivity contribution >= 4 is 29.3 Å². The van der Waals surface area contributed by atoms with E-state index in [1.807, 2.05) is 97.1 Å². The fraction of sp³-hybridized carbons (Fsp3) is 0.120. The van der Waals surface area contributed by atoms with Gasteiger partial charge in [0, 0.05) is 5.69 Å². The SMILES string of the molecule is O=C1[C@H](Cc2ccccc2)C(=O)N2c3ccccc3C=C[C@@H]2N1c1ccccc1. The lowest BCUT2D eigenvalue weighted by molar-refractivity contribution is -0.135. The number of fused-ring (bicyclic) bond motifs is 3. The fourth-order valence-corrected chi connectivity index (χ4v) is 4.18. The number of anilines is 2. The van der Waals surface area contributed by atoms with Crippen LogP contribution in [0.2, 0.25) is 0 Å². The molecule has 2 aliphatic heterocycles. The van der Waals surface area contributed by atoms with Gasteiger partial charge in [0.15, 0.2) is 0 Å². The van der Waals surface area contributed by atoms with Gasteiger partial charge >= 0.3 is 0 Å². The van der Waals surface area contributed by atoms with E-state index < -0.39 is 12.1 Å². The van der Waals surface area contributed by atoms with E-state index in [4.69, 9.17) is 0 Å². The maximum Gasteiger partial charge on any atom is 0.241 e. The summed E-state index contributed by atoms with van der Waals surface area (Å²) in [5, 5.41) is 0. The number of para-hydroxylation sites is 2. The van der Waals surface area contributed by atoms with Gasteiger partial charge in [0.1, 0.15) is 12.1 Å². The number of amides is 2. The van der Waals surface area contributed by atoms with Crippen LogP contribution in [0.4, 0.5) is 11.4 Å². The molecule has 1 fully saturated rings. The quantitative estimate of drug-likeness (QED) is 0.637. The summed E-state index contributed by atoms with van der Waals surface area (Å²) in [7, 11) is 0. The molecule has 3 aromatic rings. The first kappa shape index (κ1) is 17.4. The summed E-state index contributed by atoms with van der Waals surface area (Å²) in [5.41, 5.74) is 3.60. The first-order chi connectivity index (χ1) is 14.2.